The molecule has 0 fully saturated rings. The highest BCUT2D eigenvalue weighted by atomic mass is 16.5. The molecule has 1 rings (SSSR count). The van der Waals surface area contributed by atoms with Crippen LogP contribution in [0.25, 0.3) is 0 Å². The van der Waals surface area contributed by atoms with Crippen LogP contribution in [0.15, 0.2) is 24.5 Å². The van der Waals surface area contributed by atoms with E-state index in [0.717, 1.165) is 0 Å². The van der Waals surface area contributed by atoms with Crippen LogP contribution >= 0.6 is 0 Å². The highest BCUT2D eigenvalue weighted by molar-refractivity contribution is 5.93. The third kappa shape index (κ3) is 3.22. The number of nitrogens with one attached hydrogen (secondary N) is 1. The van der Waals surface area contributed by atoms with Crippen LogP contribution in [0, 0.1) is 0 Å². The lowest BCUT2D eigenvalue weighted by Crippen LogP contribution is -2.27. The minimum absolute atomic E-state index is 0.176. The predicted octanol–water partition coefficient (Wildman–Crippen LogP) is -0.0156. The lowest BCUT2D eigenvalue weighted by Gasteiger charge is -2.02. The molecule has 0 saturated carbocycles. The van der Waals surface area contributed by atoms with Gasteiger partial charge in [-0.3, -0.25) is 14.6 Å². The van der Waals surface area contributed by atoms with Gasteiger partial charge in [0.15, 0.2) is 0 Å². The summed E-state index contributed by atoms with van der Waals surface area (Å²) in [6.07, 6.45) is 3.06. The summed E-state index contributed by atoms with van der Waals surface area (Å²) in [5.41, 5.74) is 0.485. The van der Waals surface area contributed by atoms with Crippen LogP contribution in [-0.2, 0) is 9.53 Å². The number of pyridine rings is 1. The van der Waals surface area contributed by atoms with E-state index in [1.54, 1.807) is 18.3 Å². The zero-order valence-corrected chi connectivity index (χ0v) is 7.47. The molecule has 0 aliphatic rings. The van der Waals surface area contributed by atoms with Gasteiger partial charge in [0.25, 0.3) is 12.4 Å². The van der Waals surface area contributed by atoms with E-state index in [1.165, 1.54) is 6.20 Å². The molecular weight excluding hydrogens is 184 g/mol. The van der Waals surface area contributed by atoms with Gasteiger partial charge in [0, 0.05) is 12.4 Å². The summed E-state index contributed by atoms with van der Waals surface area (Å²) >= 11 is 0. The summed E-state index contributed by atoms with van der Waals surface area (Å²) in [6, 6.07) is 3.33. The molecule has 0 spiro atoms. The van der Waals surface area contributed by atoms with Gasteiger partial charge in [-0.2, -0.15) is 0 Å². The number of ether oxygens (including phenoxy) is 1. The standard InChI is InChI=1S/C9H10N2O3/c12-7-14-5-4-11-9(13)8-2-1-3-10-6-8/h1-3,6-7H,4-5H2,(H,11,13). The Bertz CT molecular complexity index is 300. The maximum atomic E-state index is 11.3. The fourth-order valence-corrected chi connectivity index (χ4v) is 0.871. The average molecular weight is 194 g/mol. The van der Waals surface area contributed by atoms with Crippen molar-refractivity contribution in [2.24, 2.45) is 0 Å². The molecule has 0 aliphatic carbocycles. The second kappa shape index (κ2) is 5.69. The van der Waals surface area contributed by atoms with Crippen molar-refractivity contribution in [1.82, 2.24) is 10.3 Å². The number of hydrogen-bond donors (Lipinski definition) is 1. The Balaban J connectivity index is 2.32. The van der Waals surface area contributed by atoms with Crippen LogP contribution in [-0.4, -0.2) is 30.5 Å². The normalized spacial score (nSPS) is 9.14. The summed E-state index contributed by atoms with van der Waals surface area (Å²) in [5.74, 6) is -0.229. The Morgan fingerprint density at radius 2 is 2.50 bits per heavy atom. The van der Waals surface area contributed by atoms with Crippen LogP contribution in [0.2, 0.25) is 0 Å². The van der Waals surface area contributed by atoms with Gasteiger partial charge in [-0.15, -0.1) is 0 Å². The van der Waals surface area contributed by atoms with Gasteiger partial charge in [-0.05, 0) is 12.1 Å². The summed E-state index contributed by atoms with van der Waals surface area (Å²) in [5, 5.41) is 2.57. The molecule has 0 saturated heterocycles. The lowest BCUT2D eigenvalue weighted by atomic mass is 10.3. The van der Waals surface area contributed by atoms with Crippen molar-refractivity contribution < 1.29 is 14.3 Å². The number of amides is 1. The van der Waals surface area contributed by atoms with E-state index in [0.29, 0.717) is 18.6 Å². The Kier molecular flexibility index (Phi) is 4.13. The molecule has 0 radical (unpaired) electrons. The van der Waals surface area contributed by atoms with Gasteiger partial charge in [-0.25, -0.2) is 0 Å². The van der Waals surface area contributed by atoms with Gasteiger partial charge in [-0.1, -0.05) is 0 Å². The van der Waals surface area contributed by atoms with Crippen molar-refractivity contribution in [3.63, 3.8) is 0 Å². The van der Waals surface area contributed by atoms with Crippen LogP contribution in [0.3, 0.4) is 0 Å². The minimum Gasteiger partial charge on any atom is -0.466 e. The molecule has 1 heterocycles. The van der Waals surface area contributed by atoms with Gasteiger partial charge in [0.2, 0.25) is 0 Å². The molecule has 0 atom stereocenters. The van der Waals surface area contributed by atoms with E-state index >= 15 is 0 Å². The largest absolute Gasteiger partial charge is 0.466 e. The van der Waals surface area contributed by atoms with Gasteiger partial charge in [0.05, 0.1) is 12.1 Å². The van der Waals surface area contributed by atoms with E-state index in [2.05, 4.69) is 15.0 Å². The highest BCUT2D eigenvalue weighted by Gasteiger charge is 2.02. The number of aromatic nitrogens is 1. The van der Waals surface area contributed by atoms with E-state index in [1.807, 2.05) is 0 Å². The van der Waals surface area contributed by atoms with Crippen molar-refractivity contribution in [3.8, 4) is 0 Å². The summed E-state index contributed by atoms with van der Waals surface area (Å²) in [7, 11) is 0. The third-order valence-corrected chi connectivity index (χ3v) is 1.50. The zero-order chi connectivity index (χ0) is 10.2. The summed E-state index contributed by atoms with van der Waals surface area (Å²) in [6.45, 7) is 0.818. The van der Waals surface area contributed by atoms with E-state index in [-0.39, 0.29) is 12.5 Å². The molecule has 5 nitrogen and oxygen atoms in total. The van der Waals surface area contributed by atoms with Crippen LogP contribution < -0.4 is 5.32 Å². The molecule has 0 aromatic carbocycles. The average Bonchev–Trinajstić information content (AvgIpc) is 2.25. The maximum absolute atomic E-state index is 11.3. The topological polar surface area (TPSA) is 68.3 Å². The second-order valence-electron chi connectivity index (χ2n) is 2.46. The second-order valence-corrected chi connectivity index (χ2v) is 2.46. The maximum Gasteiger partial charge on any atom is 0.293 e. The summed E-state index contributed by atoms with van der Waals surface area (Å²) in [4.78, 5) is 24.9. The van der Waals surface area contributed by atoms with E-state index in [4.69, 9.17) is 0 Å². The molecule has 0 aliphatic heterocycles. The summed E-state index contributed by atoms with van der Waals surface area (Å²) < 4.78 is 4.41. The SMILES string of the molecule is O=COCCNC(=O)c1cccnc1. The van der Waals surface area contributed by atoms with Crippen molar-refractivity contribution in [2.45, 2.75) is 0 Å². The predicted molar refractivity (Wildman–Crippen MR) is 48.6 cm³/mol. The number of rotatable bonds is 5. The number of carbonyl (C=O) groups is 2. The van der Waals surface area contributed by atoms with Gasteiger partial charge < -0.3 is 10.1 Å². The Hall–Kier alpha value is -1.91. The molecule has 74 valence electrons. The molecule has 14 heavy (non-hydrogen) atoms. The zero-order valence-electron chi connectivity index (χ0n) is 7.47. The molecule has 1 aromatic rings. The fourth-order valence-electron chi connectivity index (χ4n) is 0.871. The Labute approximate surface area is 81.1 Å². The Morgan fingerprint density at radius 3 is 3.14 bits per heavy atom. The van der Waals surface area contributed by atoms with Gasteiger partial charge in [0.1, 0.15) is 6.61 Å². The fraction of sp³-hybridized carbons (Fsp3) is 0.222. The Morgan fingerprint density at radius 1 is 1.64 bits per heavy atom. The number of nitrogens with zero attached hydrogens (tertiary/aromatic N) is 1. The van der Waals surface area contributed by atoms with E-state index < -0.39 is 0 Å². The number of hydrogen-bond acceptors (Lipinski definition) is 4. The van der Waals surface area contributed by atoms with E-state index in [9.17, 15) is 9.59 Å². The first kappa shape index (κ1) is 10.2. The highest BCUT2D eigenvalue weighted by Crippen LogP contribution is 1.94. The first-order valence-electron chi connectivity index (χ1n) is 4.08. The van der Waals surface area contributed by atoms with Crippen LogP contribution in [0.4, 0.5) is 0 Å². The van der Waals surface area contributed by atoms with Crippen LogP contribution in [0.5, 0.6) is 0 Å². The molecule has 5 heteroatoms. The van der Waals surface area contributed by atoms with Crippen molar-refractivity contribution >= 4 is 12.4 Å². The van der Waals surface area contributed by atoms with Crippen LogP contribution in [0.1, 0.15) is 10.4 Å². The monoisotopic (exact) mass is 194 g/mol. The molecular formula is C9H10N2O3. The van der Waals surface area contributed by atoms with Crippen molar-refractivity contribution in [3.05, 3.63) is 30.1 Å². The minimum atomic E-state index is -0.229. The smallest absolute Gasteiger partial charge is 0.293 e. The molecule has 0 unspecified atom stereocenters. The van der Waals surface area contributed by atoms with Crippen molar-refractivity contribution in [1.29, 1.82) is 0 Å². The first-order chi connectivity index (χ1) is 6.84. The lowest BCUT2D eigenvalue weighted by molar-refractivity contribution is -0.128. The molecule has 1 aromatic heterocycles. The number of carbonyl (C=O) groups excluding carboxylic acids is 2. The molecule has 0 bridgehead atoms. The first-order valence-corrected chi connectivity index (χ1v) is 4.08. The third-order valence-electron chi connectivity index (χ3n) is 1.50. The van der Waals surface area contributed by atoms with Gasteiger partial charge >= 0.3 is 0 Å². The quantitative estimate of drug-likeness (QED) is 0.528. The van der Waals surface area contributed by atoms with Crippen molar-refractivity contribution in [2.75, 3.05) is 13.2 Å². The molecule has 1 amide bonds. The molecule has 1 N–H and O–H groups in total.